The standard InChI is InChI=1S/C20H30N4O4S.HI/c1-5-21-20(24-16(3)19-10-9-15(2)28-19)22-14-17-7-6-8-18(13-17)29(25,26)23-11-12-27-4;/h6-10,13,16,23H,5,11-12,14H2,1-4H3,(H2,21,22,24);1H. The van der Waals surface area contributed by atoms with E-state index in [1.807, 2.05) is 39.0 Å². The highest BCUT2D eigenvalue weighted by molar-refractivity contribution is 14.0. The molecule has 1 heterocycles. The molecule has 30 heavy (non-hydrogen) atoms. The van der Waals surface area contributed by atoms with Crippen molar-refractivity contribution in [3.8, 4) is 0 Å². The molecule has 0 amide bonds. The summed E-state index contributed by atoms with van der Waals surface area (Å²) in [5, 5.41) is 6.49. The molecule has 1 aromatic heterocycles. The Hall–Kier alpha value is -1.63. The van der Waals surface area contributed by atoms with Gasteiger partial charge >= 0.3 is 0 Å². The predicted octanol–water partition coefficient (Wildman–Crippen LogP) is 2.95. The molecule has 0 bridgehead atoms. The van der Waals surface area contributed by atoms with Crippen LogP contribution in [0.4, 0.5) is 0 Å². The van der Waals surface area contributed by atoms with Crippen molar-refractivity contribution in [3.05, 3.63) is 53.5 Å². The molecule has 0 fully saturated rings. The maximum Gasteiger partial charge on any atom is 0.240 e. The van der Waals surface area contributed by atoms with Gasteiger partial charge in [-0.2, -0.15) is 0 Å². The highest BCUT2D eigenvalue weighted by Gasteiger charge is 2.14. The molecule has 1 atom stereocenters. The molecular weight excluding hydrogens is 519 g/mol. The van der Waals surface area contributed by atoms with Gasteiger partial charge in [0.15, 0.2) is 5.96 Å². The van der Waals surface area contributed by atoms with Crippen molar-refractivity contribution in [2.75, 3.05) is 26.8 Å². The number of hydrogen-bond donors (Lipinski definition) is 3. The molecule has 0 aliphatic heterocycles. The topological polar surface area (TPSA) is 105 Å². The van der Waals surface area contributed by atoms with Gasteiger partial charge in [-0.3, -0.25) is 0 Å². The number of sulfonamides is 1. The fraction of sp³-hybridized carbons (Fsp3) is 0.450. The first kappa shape index (κ1) is 26.4. The van der Waals surface area contributed by atoms with Gasteiger partial charge in [0.25, 0.3) is 0 Å². The van der Waals surface area contributed by atoms with Crippen LogP contribution in [0, 0.1) is 6.92 Å². The van der Waals surface area contributed by atoms with Crippen molar-refractivity contribution in [2.45, 2.75) is 38.3 Å². The molecule has 0 spiro atoms. The summed E-state index contributed by atoms with van der Waals surface area (Å²) in [5.41, 5.74) is 0.790. The number of nitrogens with zero attached hydrogens (tertiary/aromatic N) is 1. The molecule has 2 rings (SSSR count). The summed E-state index contributed by atoms with van der Waals surface area (Å²) in [4.78, 5) is 4.78. The Balaban J connectivity index is 0.00000450. The third-order valence-electron chi connectivity index (χ3n) is 4.11. The quantitative estimate of drug-likeness (QED) is 0.182. The number of ether oxygens (including phenoxy) is 1. The Bertz CT molecular complexity index is 915. The van der Waals surface area contributed by atoms with Crippen LogP contribution in [0.5, 0.6) is 0 Å². The fourth-order valence-electron chi connectivity index (χ4n) is 2.63. The van der Waals surface area contributed by atoms with Crippen LogP contribution in [0.15, 0.2) is 50.7 Å². The number of aliphatic imine (C=N–C) groups is 1. The molecule has 0 saturated heterocycles. The zero-order chi connectivity index (χ0) is 21.3. The molecule has 0 aliphatic rings. The van der Waals surface area contributed by atoms with E-state index >= 15 is 0 Å². The number of nitrogens with one attached hydrogen (secondary N) is 3. The van der Waals surface area contributed by atoms with Crippen molar-refractivity contribution in [1.29, 1.82) is 0 Å². The van der Waals surface area contributed by atoms with Crippen molar-refractivity contribution in [3.63, 3.8) is 0 Å². The second kappa shape index (κ2) is 12.9. The normalized spacial score (nSPS) is 12.9. The first-order valence-corrected chi connectivity index (χ1v) is 11.0. The lowest BCUT2D eigenvalue weighted by Gasteiger charge is -2.16. The van der Waals surface area contributed by atoms with E-state index in [0.717, 1.165) is 17.1 Å². The lowest BCUT2D eigenvalue weighted by Crippen LogP contribution is -2.38. The first-order chi connectivity index (χ1) is 13.9. The van der Waals surface area contributed by atoms with Crippen LogP contribution in [0.1, 0.15) is 37.0 Å². The highest BCUT2D eigenvalue weighted by Crippen LogP contribution is 2.16. The Morgan fingerprint density at radius 3 is 2.67 bits per heavy atom. The maximum atomic E-state index is 12.4. The summed E-state index contributed by atoms with van der Waals surface area (Å²) in [7, 11) is -2.05. The van der Waals surface area contributed by atoms with E-state index in [2.05, 4.69) is 20.3 Å². The van der Waals surface area contributed by atoms with Crippen LogP contribution in [-0.2, 0) is 21.3 Å². The van der Waals surface area contributed by atoms with E-state index in [4.69, 9.17) is 9.15 Å². The number of rotatable bonds is 10. The third kappa shape index (κ3) is 8.25. The van der Waals surface area contributed by atoms with Gasteiger partial charge in [0.05, 0.1) is 24.1 Å². The number of aryl methyl sites for hydroxylation is 1. The molecule has 3 N–H and O–H groups in total. The largest absolute Gasteiger partial charge is 0.464 e. The molecule has 2 aromatic rings. The van der Waals surface area contributed by atoms with Crippen molar-refractivity contribution in [2.24, 2.45) is 4.99 Å². The average Bonchev–Trinajstić information content (AvgIpc) is 3.13. The molecule has 0 aliphatic carbocycles. The number of hydrogen-bond acceptors (Lipinski definition) is 5. The number of guanidine groups is 1. The van der Waals surface area contributed by atoms with Gasteiger partial charge in [-0.15, -0.1) is 24.0 Å². The fourth-order valence-corrected chi connectivity index (χ4v) is 3.71. The lowest BCUT2D eigenvalue weighted by atomic mass is 10.2. The van der Waals surface area contributed by atoms with Gasteiger partial charge in [0.1, 0.15) is 11.5 Å². The number of benzene rings is 1. The number of methoxy groups -OCH3 is 1. The molecule has 0 saturated carbocycles. The van der Waals surface area contributed by atoms with Crippen LogP contribution in [0.25, 0.3) is 0 Å². The summed E-state index contributed by atoms with van der Waals surface area (Å²) in [5.74, 6) is 2.30. The minimum Gasteiger partial charge on any atom is -0.464 e. The van der Waals surface area contributed by atoms with Gasteiger partial charge in [-0.1, -0.05) is 12.1 Å². The molecule has 8 nitrogen and oxygen atoms in total. The highest BCUT2D eigenvalue weighted by atomic mass is 127. The molecular formula is C20H31IN4O4S. The van der Waals surface area contributed by atoms with Crippen LogP contribution in [-0.4, -0.2) is 41.2 Å². The van der Waals surface area contributed by atoms with E-state index in [-0.39, 0.29) is 41.5 Å². The summed E-state index contributed by atoms with van der Waals surface area (Å²) < 4.78 is 37.8. The number of halogens is 1. The minimum atomic E-state index is -3.58. The lowest BCUT2D eigenvalue weighted by molar-refractivity contribution is 0.204. The molecule has 168 valence electrons. The number of furan rings is 1. The predicted molar refractivity (Wildman–Crippen MR) is 129 cm³/mol. The molecule has 1 aromatic carbocycles. The zero-order valence-electron chi connectivity index (χ0n) is 17.8. The second-order valence-electron chi connectivity index (χ2n) is 6.55. The van der Waals surface area contributed by atoms with E-state index in [1.165, 1.54) is 7.11 Å². The minimum absolute atomic E-state index is 0. The summed E-state index contributed by atoms with van der Waals surface area (Å²) >= 11 is 0. The van der Waals surface area contributed by atoms with Crippen molar-refractivity contribution >= 4 is 40.0 Å². The molecule has 1 unspecified atom stereocenters. The van der Waals surface area contributed by atoms with E-state index < -0.39 is 10.0 Å². The zero-order valence-corrected chi connectivity index (χ0v) is 20.9. The Kier molecular flexibility index (Phi) is 11.4. The van der Waals surface area contributed by atoms with Gasteiger partial charge < -0.3 is 19.8 Å². The van der Waals surface area contributed by atoms with Crippen LogP contribution >= 0.6 is 24.0 Å². The summed E-state index contributed by atoms with van der Waals surface area (Å²) in [6.45, 7) is 7.45. The van der Waals surface area contributed by atoms with Gasteiger partial charge in [0, 0.05) is 20.2 Å². The Labute approximate surface area is 195 Å². The van der Waals surface area contributed by atoms with Crippen molar-refractivity contribution < 1.29 is 17.6 Å². The van der Waals surface area contributed by atoms with E-state index in [0.29, 0.717) is 25.7 Å². The monoisotopic (exact) mass is 550 g/mol. The van der Waals surface area contributed by atoms with Crippen molar-refractivity contribution in [1.82, 2.24) is 15.4 Å². The van der Waals surface area contributed by atoms with Gasteiger partial charge in [-0.25, -0.2) is 18.1 Å². The molecule has 0 radical (unpaired) electrons. The smallest absolute Gasteiger partial charge is 0.240 e. The van der Waals surface area contributed by atoms with Gasteiger partial charge in [-0.05, 0) is 50.6 Å². The Morgan fingerprint density at radius 2 is 2.03 bits per heavy atom. The maximum absolute atomic E-state index is 12.4. The average molecular weight is 550 g/mol. The van der Waals surface area contributed by atoms with E-state index in [1.54, 1.807) is 18.2 Å². The SMILES string of the molecule is CCNC(=NCc1cccc(S(=O)(=O)NCCOC)c1)NC(C)c1ccc(C)o1.I. The second-order valence-corrected chi connectivity index (χ2v) is 8.31. The van der Waals surface area contributed by atoms with Crippen LogP contribution in [0.3, 0.4) is 0 Å². The van der Waals surface area contributed by atoms with Gasteiger partial charge in [0.2, 0.25) is 10.0 Å². The summed E-state index contributed by atoms with van der Waals surface area (Å²) in [6.07, 6.45) is 0. The molecule has 10 heteroatoms. The first-order valence-electron chi connectivity index (χ1n) is 9.54. The third-order valence-corrected chi connectivity index (χ3v) is 5.57. The summed E-state index contributed by atoms with van der Waals surface area (Å²) in [6, 6.07) is 10.5. The Morgan fingerprint density at radius 1 is 1.27 bits per heavy atom. The van der Waals surface area contributed by atoms with Crippen LogP contribution in [0.2, 0.25) is 0 Å². The van der Waals surface area contributed by atoms with Crippen LogP contribution < -0.4 is 15.4 Å². The van der Waals surface area contributed by atoms with E-state index in [9.17, 15) is 8.42 Å².